The number of anilines is 2. The highest BCUT2D eigenvalue weighted by molar-refractivity contribution is 5.97. The fourth-order valence-electron chi connectivity index (χ4n) is 5.19. The minimum absolute atomic E-state index is 0.0116. The van der Waals surface area contributed by atoms with Crippen molar-refractivity contribution in [1.82, 2.24) is 10.4 Å². The average Bonchev–Trinajstić information content (AvgIpc) is 3.55. The zero-order chi connectivity index (χ0) is 27.5. The second-order valence-electron chi connectivity index (χ2n) is 10.4. The average molecular weight is 532 g/mol. The first-order valence-corrected chi connectivity index (χ1v) is 13.4. The highest BCUT2D eigenvalue weighted by Gasteiger charge is 2.29. The molecule has 3 aromatic carbocycles. The van der Waals surface area contributed by atoms with Crippen LogP contribution in [0.15, 0.2) is 60.7 Å². The van der Waals surface area contributed by atoms with Gasteiger partial charge in [-0.2, -0.15) is 5.06 Å². The number of hydrogen-bond acceptors (Lipinski definition) is 7. The van der Waals surface area contributed by atoms with Crippen LogP contribution in [0.4, 0.5) is 17.1 Å². The zero-order valence-electron chi connectivity index (χ0n) is 23.0. The van der Waals surface area contributed by atoms with Crippen molar-refractivity contribution in [3.8, 4) is 16.9 Å². The number of nitrogens with one attached hydrogen (secondary N) is 3. The van der Waals surface area contributed by atoms with Gasteiger partial charge in [-0.05, 0) is 42.2 Å². The molecular formula is C30H37N5O4. The maximum atomic E-state index is 13.3. The maximum Gasteiger partial charge on any atom is 0.251 e. The summed E-state index contributed by atoms with van der Waals surface area (Å²) in [6.45, 7) is 4.65. The van der Waals surface area contributed by atoms with Gasteiger partial charge in [0.15, 0.2) is 11.9 Å². The number of fused-ring (bicyclic) bond motifs is 1. The van der Waals surface area contributed by atoms with Crippen molar-refractivity contribution >= 4 is 23.0 Å². The minimum atomic E-state index is -0.486. The molecule has 206 valence electrons. The third-order valence-electron chi connectivity index (χ3n) is 7.49. The first kappa shape index (κ1) is 27.0. The second-order valence-corrected chi connectivity index (χ2v) is 10.4. The molecule has 0 aromatic heterocycles. The highest BCUT2D eigenvalue weighted by atomic mass is 16.7. The molecule has 39 heavy (non-hydrogen) atoms. The third-order valence-corrected chi connectivity index (χ3v) is 7.49. The number of para-hydroxylation sites is 3. The summed E-state index contributed by atoms with van der Waals surface area (Å²) in [6.07, 6.45) is 0.605. The lowest BCUT2D eigenvalue weighted by Gasteiger charge is -2.24. The van der Waals surface area contributed by atoms with E-state index < -0.39 is 6.17 Å². The van der Waals surface area contributed by atoms with Crippen molar-refractivity contribution in [3.63, 3.8) is 0 Å². The second kappa shape index (κ2) is 11.6. The van der Waals surface area contributed by atoms with E-state index in [1.165, 1.54) is 0 Å². The lowest BCUT2D eigenvalue weighted by atomic mass is 9.98. The number of benzene rings is 3. The molecule has 3 N–H and O–H groups in total. The van der Waals surface area contributed by atoms with Crippen LogP contribution in [0.2, 0.25) is 0 Å². The van der Waals surface area contributed by atoms with Crippen molar-refractivity contribution in [3.05, 3.63) is 77.0 Å². The van der Waals surface area contributed by atoms with Crippen LogP contribution in [-0.2, 0) is 11.4 Å². The Balaban J connectivity index is 1.38. The number of rotatable bonds is 9. The molecule has 0 spiro atoms. The molecule has 2 unspecified atom stereocenters. The van der Waals surface area contributed by atoms with Crippen molar-refractivity contribution in [2.75, 3.05) is 51.1 Å². The Morgan fingerprint density at radius 2 is 2.03 bits per heavy atom. The van der Waals surface area contributed by atoms with Gasteiger partial charge in [0.25, 0.3) is 5.91 Å². The summed E-state index contributed by atoms with van der Waals surface area (Å²) in [5.41, 5.74) is 5.67. The van der Waals surface area contributed by atoms with Gasteiger partial charge >= 0.3 is 0 Å². The number of nitrogens with zero attached hydrogens (tertiary/aromatic N) is 2. The molecule has 0 saturated carbocycles. The normalized spacial score (nSPS) is 20.4. The number of hydroxylamine groups is 3. The predicted octanol–water partition coefficient (Wildman–Crippen LogP) is 3.40. The minimum Gasteiger partial charge on any atom is -0.627 e. The summed E-state index contributed by atoms with van der Waals surface area (Å²) >= 11 is 0. The molecule has 2 aliphatic rings. The molecule has 1 amide bonds. The Hall–Kier alpha value is -3.63. The fourth-order valence-corrected chi connectivity index (χ4v) is 5.19. The first-order valence-electron chi connectivity index (χ1n) is 13.4. The summed E-state index contributed by atoms with van der Waals surface area (Å²) in [6, 6.07) is 19.3. The molecular weight excluding hydrogens is 494 g/mol. The van der Waals surface area contributed by atoms with Gasteiger partial charge in [-0.3, -0.25) is 9.63 Å². The van der Waals surface area contributed by atoms with Crippen LogP contribution in [0.3, 0.4) is 0 Å². The molecule has 3 atom stereocenters. The van der Waals surface area contributed by atoms with E-state index in [0.29, 0.717) is 23.7 Å². The topological polar surface area (TPSA) is 93.6 Å². The number of amides is 1. The van der Waals surface area contributed by atoms with Crippen molar-refractivity contribution in [1.29, 1.82) is 0 Å². The molecule has 0 aliphatic carbocycles. The molecule has 5 rings (SSSR count). The monoisotopic (exact) mass is 531 g/mol. The Morgan fingerprint density at radius 3 is 2.74 bits per heavy atom. The number of ether oxygens (including phenoxy) is 1. The van der Waals surface area contributed by atoms with Gasteiger partial charge in [0.1, 0.15) is 11.4 Å². The van der Waals surface area contributed by atoms with Crippen LogP contribution in [0.1, 0.15) is 29.3 Å². The zero-order valence-corrected chi connectivity index (χ0v) is 23.0. The van der Waals surface area contributed by atoms with Gasteiger partial charge in [-0.1, -0.05) is 37.3 Å². The van der Waals surface area contributed by atoms with Crippen LogP contribution in [-0.4, -0.2) is 58.0 Å². The van der Waals surface area contributed by atoms with Crippen LogP contribution < -0.4 is 25.3 Å². The highest BCUT2D eigenvalue weighted by Crippen LogP contribution is 2.36. The summed E-state index contributed by atoms with van der Waals surface area (Å²) in [4.78, 5) is 21.2. The van der Waals surface area contributed by atoms with Gasteiger partial charge < -0.3 is 30.5 Å². The predicted molar refractivity (Wildman–Crippen MR) is 153 cm³/mol. The van der Waals surface area contributed by atoms with Gasteiger partial charge in [0.2, 0.25) is 0 Å². The van der Waals surface area contributed by atoms with E-state index >= 15 is 0 Å². The van der Waals surface area contributed by atoms with Crippen LogP contribution >= 0.6 is 0 Å². The van der Waals surface area contributed by atoms with Crippen LogP contribution in [0, 0.1) is 11.1 Å². The largest absolute Gasteiger partial charge is 0.627 e. The molecule has 2 heterocycles. The fraction of sp³-hybridized carbons (Fsp3) is 0.367. The molecule has 0 radical (unpaired) electrons. The van der Waals surface area contributed by atoms with Crippen molar-refractivity contribution in [2.24, 2.45) is 5.92 Å². The summed E-state index contributed by atoms with van der Waals surface area (Å²) < 4.78 is 5.91. The standard InChI is InChI=1S/C30H37N5O4/c1-5-20-17-34(39-19-20)18-21-9-8-10-25(29(21)38-4)22-13-23(15-24(14-22)33(2)3)30(36)31-16-28-32-26-11-6-7-12-27(26)35(28)37/h6-15,20,28,32,35H,5,16-19H2,1-4H3,(H,31,36)/t20-,28?/m1/s1. The first-order chi connectivity index (χ1) is 18.9. The van der Waals surface area contributed by atoms with E-state index in [4.69, 9.17) is 9.57 Å². The lowest BCUT2D eigenvalue weighted by molar-refractivity contribution is -0.794. The Kier molecular flexibility index (Phi) is 8.04. The Morgan fingerprint density at radius 1 is 1.21 bits per heavy atom. The summed E-state index contributed by atoms with van der Waals surface area (Å²) in [7, 11) is 5.57. The number of carbonyl (C=O) groups is 1. The molecule has 3 aromatic rings. The molecule has 2 aliphatic heterocycles. The van der Waals surface area contributed by atoms with Gasteiger partial charge in [-0.25, -0.2) is 0 Å². The molecule has 1 saturated heterocycles. The lowest BCUT2D eigenvalue weighted by Crippen LogP contribution is -3.07. The van der Waals surface area contributed by atoms with E-state index in [0.717, 1.165) is 53.4 Å². The van der Waals surface area contributed by atoms with E-state index in [-0.39, 0.29) is 17.5 Å². The summed E-state index contributed by atoms with van der Waals surface area (Å²) in [5, 5.41) is 20.9. The van der Waals surface area contributed by atoms with Gasteiger partial charge in [0.05, 0.1) is 26.8 Å². The Bertz CT molecular complexity index is 1330. The SMILES string of the molecule is CC[C@H]1CON(Cc2cccc(-c3cc(C(=O)NCC4Nc5ccccc5[NH+]4[O-])cc(N(C)C)c3)c2OC)C1. The van der Waals surface area contributed by atoms with Gasteiger partial charge in [-0.15, -0.1) is 0 Å². The van der Waals surface area contributed by atoms with E-state index in [1.807, 2.05) is 66.5 Å². The molecule has 0 bridgehead atoms. The number of methoxy groups -OCH3 is 1. The summed E-state index contributed by atoms with van der Waals surface area (Å²) in [5.74, 6) is 1.07. The number of hydrogen-bond donors (Lipinski definition) is 3. The molecule has 1 fully saturated rings. The van der Waals surface area contributed by atoms with Gasteiger partial charge in [0, 0.05) is 49.1 Å². The quantitative estimate of drug-likeness (QED) is 0.365. The Labute approximate surface area is 229 Å². The van der Waals surface area contributed by atoms with Crippen LogP contribution in [0.25, 0.3) is 11.1 Å². The maximum absolute atomic E-state index is 13.3. The van der Waals surface area contributed by atoms with Crippen molar-refractivity contribution in [2.45, 2.75) is 26.1 Å². The number of carbonyl (C=O) groups excluding carboxylic acids is 1. The smallest absolute Gasteiger partial charge is 0.251 e. The molecule has 9 nitrogen and oxygen atoms in total. The molecule has 9 heteroatoms. The van der Waals surface area contributed by atoms with Crippen molar-refractivity contribution < 1.29 is 19.4 Å². The van der Waals surface area contributed by atoms with Crippen LogP contribution in [0.5, 0.6) is 5.75 Å². The van der Waals surface area contributed by atoms with E-state index in [1.54, 1.807) is 13.2 Å². The van der Waals surface area contributed by atoms with E-state index in [9.17, 15) is 10.0 Å². The number of quaternary nitrogens is 1. The third kappa shape index (κ3) is 5.72. The van der Waals surface area contributed by atoms with E-state index in [2.05, 4.69) is 29.7 Å².